The van der Waals surface area contributed by atoms with Crippen molar-refractivity contribution in [2.75, 3.05) is 13.1 Å². The average molecular weight is 321 g/mol. The number of carbonyl (C=O) groups excluding carboxylic acids is 2. The number of amides is 2. The second-order valence-electron chi connectivity index (χ2n) is 6.42. The molecule has 1 aromatic heterocycles. The number of nitrogens with two attached hydrogens (primary N) is 1. The van der Waals surface area contributed by atoms with Gasteiger partial charge in [-0.1, -0.05) is 30.3 Å². The van der Waals surface area contributed by atoms with Crippen LogP contribution in [0.15, 0.2) is 42.5 Å². The Hall–Kier alpha value is -2.82. The highest BCUT2D eigenvalue weighted by molar-refractivity contribution is 6.09. The highest BCUT2D eigenvalue weighted by Gasteiger charge is 2.28. The van der Waals surface area contributed by atoms with E-state index in [4.69, 9.17) is 5.73 Å². The smallest absolute Gasteiger partial charge is 0.270 e. The van der Waals surface area contributed by atoms with E-state index in [-0.39, 0.29) is 17.7 Å². The number of H-pyrrole nitrogens is 1. The topological polar surface area (TPSA) is 79.2 Å². The second-order valence-corrected chi connectivity index (χ2v) is 6.42. The first-order chi connectivity index (χ1) is 11.6. The molecule has 2 amide bonds. The number of hydrogen-bond donors (Lipinski definition) is 2. The molecule has 3 aromatic rings. The molecule has 1 saturated heterocycles. The van der Waals surface area contributed by atoms with E-state index in [2.05, 4.69) is 17.1 Å². The van der Waals surface area contributed by atoms with Crippen LogP contribution in [0.25, 0.3) is 21.7 Å². The number of aromatic nitrogens is 1. The minimum atomic E-state index is -0.324. The second kappa shape index (κ2) is 5.67. The minimum Gasteiger partial charge on any atom is -0.369 e. The molecule has 0 bridgehead atoms. The van der Waals surface area contributed by atoms with Crippen molar-refractivity contribution in [2.45, 2.75) is 12.8 Å². The third-order valence-corrected chi connectivity index (χ3v) is 4.87. The van der Waals surface area contributed by atoms with Crippen molar-refractivity contribution in [3.8, 4) is 0 Å². The number of fused-ring (bicyclic) bond motifs is 3. The number of benzene rings is 2. The molecule has 0 spiro atoms. The highest BCUT2D eigenvalue weighted by atomic mass is 16.2. The monoisotopic (exact) mass is 321 g/mol. The van der Waals surface area contributed by atoms with E-state index >= 15 is 0 Å². The fraction of sp³-hybridized carbons (Fsp3) is 0.263. The molecule has 5 nitrogen and oxygen atoms in total. The number of primary amides is 1. The molecule has 1 unspecified atom stereocenters. The molecule has 0 saturated carbocycles. The summed E-state index contributed by atoms with van der Waals surface area (Å²) in [5, 5.41) is 3.31. The largest absolute Gasteiger partial charge is 0.369 e. The van der Waals surface area contributed by atoms with E-state index in [9.17, 15) is 9.59 Å². The summed E-state index contributed by atoms with van der Waals surface area (Å²) in [5.74, 6) is -0.635. The average Bonchev–Trinajstić information content (AvgIpc) is 3.06. The number of nitrogens with one attached hydrogen (secondary N) is 1. The lowest BCUT2D eigenvalue weighted by Crippen LogP contribution is -2.44. The van der Waals surface area contributed by atoms with E-state index < -0.39 is 0 Å². The number of carbonyl (C=O) groups is 2. The van der Waals surface area contributed by atoms with Gasteiger partial charge in [-0.2, -0.15) is 0 Å². The van der Waals surface area contributed by atoms with Gasteiger partial charge in [0.1, 0.15) is 5.69 Å². The molecule has 2 aromatic carbocycles. The van der Waals surface area contributed by atoms with E-state index in [0.29, 0.717) is 18.8 Å². The molecule has 1 aliphatic heterocycles. The van der Waals surface area contributed by atoms with Gasteiger partial charge in [-0.05, 0) is 35.7 Å². The van der Waals surface area contributed by atoms with Crippen LogP contribution in [0.2, 0.25) is 0 Å². The first-order valence-electron chi connectivity index (χ1n) is 8.22. The van der Waals surface area contributed by atoms with Crippen LogP contribution in [0.3, 0.4) is 0 Å². The summed E-state index contributed by atoms with van der Waals surface area (Å²) >= 11 is 0. The van der Waals surface area contributed by atoms with Gasteiger partial charge in [0.2, 0.25) is 5.91 Å². The molecule has 1 atom stereocenters. The molecule has 5 heteroatoms. The third-order valence-electron chi connectivity index (χ3n) is 4.87. The Bertz CT molecular complexity index is 944. The van der Waals surface area contributed by atoms with Crippen LogP contribution < -0.4 is 5.73 Å². The van der Waals surface area contributed by atoms with Crippen molar-refractivity contribution in [2.24, 2.45) is 11.7 Å². The van der Waals surface area contributed by atoms with Crippen LogP contribution in [-0.4, -0.2) is 34.8 Å². The minimum absolute atomic E-state index is 0.0683. The first-order valence-corrected chi connectivity index (χ1v) is 8.22. The summed E-state index contributed by atoms with van der Waals surface area (Å²) in [6.45, 7) is 1.07. The number of aromatic amines is 1. The third kappa shape index (κ3) is 2.42. The normalized spacial score (nSPS) is 18.2. The van der Waals surface area contributed by atoms with Crippen molar-refractivity contribution in [1.82, 2.24) is 9.88 Å². The van der Waals surface area contributed by atoms with Crippen molar-refractivity contribution >= 4 is 33.5 Å². The standard InChI is InChI=1S/C19H19N3O2/c20-18(23)13-5-3-9-22(11-13)19(24)17-10-15-14-6-2-1-4-12(14)7-8-16(15)21-17/h1-2,4,6-8,10,13,21H,3,5,9,11H2,(H2,20,23). The summed E-state index contributed by atoms with van der Waals surface area (Å²) in [6, 6.07) is 14.1. The Kier molecular flexibility index (Phi) is 3.49. The Balaban J connectivity index is 1.70. The summed E-state index contributed by atoms with van der Waals surface area (Å²) in [6.07, 6.45) is 1.57. The maximum absolute atomic E-state index is 12.8. The Morgan fingerprint density at radius 3 is 2.79 bits per heavy atom. The van der Waals surface area contributed by atoms with E-state index in [1.165, 1.54) is 0 Å². The van der Waals surface area contributed by atoms with E-state index in [1.54, 1.807) is 4.90 Å². The van der Waals surface area contributed by atoms with E-state index in [0.717, 1.165) is 34.5 Å². The molecule has 1 aliphatic rings. The zero-order valence-corrected chi connectivity index (χ0v) is 13.3. The van der Waals surface area contributed by atoms with Gasteiger partial charge in [-0.25, -0.2) is 0 Å². The highest BCUT2D eigenvalue weighted by Crippen LogP contribution is 2.27. The van der Waals surface area contributed by atoms with Crippen LogP contribution in [0.4, 0.5) is 0 Å². The van der Waals surface area contributed by atoms with Gasteiger partial charge in [0.05, 0.1) is 5.92 Å². The van der Waals surface area contributed by atoms with Crippen LogP contribution in [-0.2, 0) is 4.79 Å². The van der Waals surface area contributed by atoms with Gasteiger partial charge in [-0.3, -0.25) is 9.59 Å². The summed E-state index contributed by atoms with van der Waals surface area (Å²) < 4.78 is 0. The number of likely N-dealkylation sites (tertiary alicyclic amines) is 1. The SMILES string of the molecule is NC(=O)C1CCCN(C(=O)c2cc3c(ccc4ccccc43)[nH]2)C1. The lowest BCUT2D eigenvalue weighted by Gasteiger charge is -2.30. The van der Waals surface area contributed by atoms with Gasteiger partial charge < -0.3 is 15.6 Å². The Morgan fingerprint density at radius 2 is 1.96 bits per heavy atom. The quantitative estimate of drug-likeness (QED) is 0.761. The van der Waals surface area contributed by atoms with Crippen LogP contribution in [0.1, 0.15) is 23.3 Å². The molecule has 2 heterocycles. The lowest BCUT2D eigenvalue weighted by molar-refractivity contribution is -0.123. The van der Waals surface area contributed by atoms with Gasteiger partial charge >= 0.3 is 0 Å². The van der Waals surface area contributed by atoms with Crippen molar-refractivity contribution in [1.29, 1.82) is 0 Å². The van der Waals surface area contributed by atoms with Crippen LogP contribution in [0.5, 0.6) is 0 Å². The maximum Gasteiger partial charge on any atom is 0.270 e. The molecule has 0 aliphatic carbocycles. The Morgan fingerprint density at radius 1 is 1.12 bits per heavy atom. The fourth-order valence-electron chi connectivity index (χ4n) is 3.56. The molecule has 0 radical (unpaired) electrons. The van der Waals surface area contributed by atoms with Crippen molar-refractivity contribution < 1.29 is 9.59 Å². The maximum atomic E-state index is 12.8. The molecule has 3 N–H and O–H groups in total. The van der Waals surface area contributed by atoms with Gasteiger partial charge in [0.15, 0.2) is 0 Å². The first kappa shape index (κ1) is 14.8. The van der Waals surface area contributed by atoms with Gasteiger partial charge in [-0.15, -0.1) is 0 Å². The molecular formula is C19H19N3O2. The zero-order chi connectivity index (χ0) is 16.7. The molecule has 4 rings (SSSR count). The van der Waals surface area contributed by atoms with Crippen LogP contribution >= 0.6 is 0 Å². The van der Waals surface area contributed by atoms with Crippen molar-refractivity contribution in [3.63, 3.8) is 0 Å². The summed E-state index contributed by atoms with van der Waals surface area (Å²) in [5.41, 5.74) is 6.91. The molecular weight excluding hydrogens is 302 g/mol. The fourth-order valence-corrected chi connectivity index (χ4v) is 3.56. The predicted molar refractivity (Wildman–Crippen MR) is 93.6 cm³/mol. The molecule has 24 heavy (non-hydrogen) atoms. The summed E-state index contributed by atoms with van der Waals surface area (Å²) in [4.78, 5) is 29.2. The zero-order valence-electron chi connectivity index (χ0n) is 13.3. The molecule has 1 fully saturated rings. The van der Waals surface area contributed by atoms with Gasteiger partial charge in [0.25, 0.3) is 5.91 Å². The summed E-state index contributed by atoms with van der Waals surface area (Å²) in [7, 11) is 0. The number of hydrogen-bond acceptors (Lipinski definition) is 2. The molecule has 122 valence electrons. The number of rotatable bonds is 2. The number of piperidine rings is 1. The van der Waals surface area contributed by atoms with Gasteiger partial charge in [0, 0.05) is 24.0 Å². The van der Waals surface area contributed by atoms with E-state index in [1.807, 2.05) is 30.3 Å². The van der Waals surface area contributed by atoms with Crippen molar-refractivity contribution in [3.05, 3.63) is 48.2 Å². The lowest BCUT2D eigenvalue weighted by atomic mass is 9.97. The Labute approximate surface area is 139 Å². The predicted octanol–water partition coefficient (Wildman–Crippen LogP) is 2.66. The van der Waals surface area contributed by atoms with Crippen LogP contribution in [0, 0.1) is 5.92 Å². The number of nitrogens with zero attached hydrogens (tertiary/aromatic N) is 1.